The Labute approximate surface area is 178 Å². The molecule has 2 rings (SSSR count). The number of hydrogen-bond acceptors (Lipinski definition) is 7. The minimum atomic E-state index is -0.974. The first-order valence-electron chi connectivity index (χ1n) is 8.71. The van der Waals surface area contributed by atoms with Crippen molar-refractivity contribution in [2.75, 3.05) is 14.2 Å². The van der Waals surface area contributed by atoms with Crippen molar-refractivity contribution in [3.8, 4) is 23.0 Å². The van der Waals surface area contributed by atoms with Crippen LogP contribution >= 0.6 is 15.9 Å². The fraction of sp³-hybridized carbons (Fsp3) is 0.333. The van der Waals surface area contributed by atoms with E-state index in [0.29, 0.717) is 17.1 Å². The largest absolute Gasteiger partial charge is 0.514 e. The number of ether oxygens (including phenoxy) is 5. The Kier molecular flexibility index (Phi) is 7.13. The molecule has 0 aliphatic carbocycles. The summed E-state index contributed by atoms with van der Waals surface area (Å²) in [6.07, 6.45) is -0.974. The molecule has 8 heteroatoms. The molecule has 0 bridgehead atoms. The SMILES string of the molecule is COc1c(C)c(C(=O)Oc2ccccc2)c(OC(=O)OC(C)(C)C)c(Br)c1OC. The van der Waals surface area contributed by atoms with Crippen LogP contribution in [0.2, 0.25) is 0 Å². The number of carbonyl (C=O) groups excluding carboxylic acids is 2. The third-order valence-electron chi connectivity index (χ3n) is 3.69. The minimum absolute atomic E-state index is 0.00392. The molecule has 0 saturated carbocycles. The van der Waals surface area contributed by atoms with Crippen LogP contribution < -0.4 is 18.9 Å². The molecule has 0 aliphatic heterocycles. The molecule has 0 atom stereocenters. The summed E-state index contributed by atoms with van der Waals surface area (Å²) in [4.78, 5) is 25.3. The second-order valence-corrected chi connectivity index (χ2v) is 7.77. The van der Waals surface area contributed by atoms with Crippen LogP contribution in [0, 0.1) is 6.92 Å². The van der Waals surface area contributed by atoms with Gasteiger partial charge < -0.3 is 23.7 Å². The van der Waals surface area contributed by atoms with Gasteiger partial charge in [0.2, 0.25) is 0 Å². The highest BCUT2D eigenvalue weighted by atomic mass is 79.9. The lowest BCUT2D eigenvalue weighted by Crippen LogP contribution is -2.27. The van der Waals surface area contributed by atoms with Crippen LogP contribution in [0.1, 0.15) is 36.7 Å². The van der Waals surface area contributed by atoms with Crippen molar-refractivity contribution in [2.45, 2.75) is 33.3 Å². The molecule has 0 radical (unpaired) electrons. The maximum absolute atomic E-state index is 13.0. The number of halogens is 1. The summed E-state index contributed by atoms with van der Waals surface area (Å²) in [6.45, 7) is 6.74. The summed E-state index contributed by atoms with van der Waals surface area (Å²) in [6, 6.07) is 8.54. The van der Waals surface area contributed by atoms with Gasteiger partial charge >= 0.3 is 12.1 Å². The standard InChI is InChI=1S/C21H23BrO7/c1-12-14(19(23)27-13-10-8-7-9-11-13)17(28-20(24)29-21(2,3)4)15(22)18(26-6)16(12)25-5/h7-11H,1-6H3. The van der Waals surface area contributed by atoms with Crippen molar-refractivity contribution in [3.05, 3.63) is 45.9 Å². The predicted octanol–water partition coefficient (Wildman–Crippen LogP) is 5.31. The lowest BCUT2D eigenvalue weighted by atomic mass is 10.1. The topological polar surface area (TPSA) is 80.3 Å². The molecule has 0 amide bonds. The summed E-state index contributed by atoms with van der Waals surface area (Å²) in [7, 11) is 2.87. The smallest absolute Gasteiger partial charge is 0.493 e. The minimum Gasteiger partial charge on any atom is -0.493 e. The first-order chi connectivity index (χ1) is 13.6. The van der Waals surface area contributed by atoms with Crippen molar-refractivity contribution < 1.29 is 33.3 Å². The molecule has 0 saturated heterocycles. The van der Waals surface area contributed by atoms with Crippen LogP contribution in [0.25, 0.3) is 0 Å². The van der Waals surface area contributed by atoms with Crippen molar-refractivity contribution >= 4 is 28.1 Å². The van der Waals surface area contributed by atoms with E-state index in [9.17, 15) is 9.59 Å². The Balaban J connectivity index is 2.58. The molecule has 156 valence electrons. The summed E-state index contributed by atoms with van der Waals surface area (Å²) >= 11 is 3.33. The maximum atomic E-state index is 13.0. The van der Waals surface area contributed by atoms with Gasteiger partial charge in [0.1, 0.15) is 21.4 Å². The Morgan fingerprint density at radius 3 is 2.00 bits per heavy atom. The summed E-state index contributed by atoms with van der Waals surface area (Å²) < 4.78 is 27.0. The third-order valence-corrected chi connectivity index (χ3v) is 4.41. The van der Waals surface area contributed by atoms with E-state index in [1.54, 1.807) is 58.0 Å². The maximum Gasteiger partial charge on any atom is 0.514 e. The zero-order valence-electron chi connectivity index (χ0n) is 17.1. The average molecular weight is 467 g/mol. The molecule has 7 nitrogen and oxygen atoms in total. The zero-order valence-corrected chi connectivity index (χ0v) is 18.7. The lowest BCUT2D eigenvalue weighted by Gasteiger charge is -2.22. The van der Waals surface area contributed by atoms with Gasteiger partial charge in [0.05, 0.1) is 14.2 Å². The molecular formula is C21H23BrO7. The van der Waals surface area contributed by atoms with Crippen LogP contribution in [0.3, 0.4) is 0 Å². The Morgan fingerprint density at radius 1 is 0.897 bits per heavy atom. The number of para-hydroxylation sites is 1. The highest BCUT2D eigenvalue weighted by Gasteiger charge is 2.31. The molecule has 2 aromatic carbocycles. The third kappa shape index (κ3) is 5.41. The molecule has 0 aliphatic rings. The van der Waals surface area contributed by atoms with Gasteiger partial charge in [-0.2, -0.15) is 0 Å². The summed E-state index contributed by atoms with van der Waals surface area (Å²) in [5.74, 6) is 0.0889. The number of rotatable bonds is 5. The van der Waals surface area contributed by atoms with E-state index in [4.69, 9.17) is 23.7 Å². The Bertz CT molecular complexity index is 902. The molecule has 0 fully saturated rings. The van der Waals surface area contributed by atoms with Crippen LogP contribution in [-0.4, -0.2) is 31.9 Å². The lowest BCUT2D eigenvalue weighted by molar-refractivity contribution is 0.0202. The van der Waals surface area contributed by atoms with E-state index in [-0.39, 0.29) is 21.5 Å². The van der Waals surface area contributed by atoms with Crippen molar-refractivity contribution in [2.24, 2.45) is 0 Å². The van der Waals surface area contributed by atoms with E-state index < -0.39 is 17.7 Å². The van der Waals surface area contributed by atoms with Gasteiger partial charge in [-0.05, 0) is 55.8 Å². The molecule has 0 unspecified atom stereocenters. The zero-order chi connectivity index (χ0) is 21.8. The molecule has 29 heavy (non-hydrogen) atoms. The van der Waals surface area contributed by atoms with Crippen LogP contribution in [-0.2, 0) is 4.74 Å². The van der Waals surface area contributed by atoms with Crippen LogP contribution in [0.4, 0.5) is 4.79 Å². The van der Waals surface area contributed by atoms with Crippen LogP contribution in [0.5, 0.6) is 23.0 Å². The second kappa shape index (κ2) is 9.17. The summed E-state index contributed by atoms with van der Waals surface area (Å²) in [5.41, 5.74) is -0.392. The van der Waals surface area contributed by atoms with E-state index in [2.05, 4.69) is 15.9 Å². The van der Waals surface area contributed by atoms with Crippen molar-refractivity contribution in [3.63, 3.8) is 0 Å². The quantitative estimate of drug-likeness (QED) is 0.335. The van der Waals surface area contributed by atoms with Crippen molar-refractivity contribution in [1.29, 1.82) is 0 Å². The predicted molar refractivity (Wildman–Crippen MR) is 110 cm³/mol. The van der Waals surface area contributed by atoms with Gasteiger partial charge in [0.15, 0.2) is 17.2 Å². The monoisotopic (exact) mass is 466 g/mol. The van der Waals surface area contributed by atoms with Gasteiger partial charge in [-0.15, -0.1) is 0 Å². The van der Waals surface area contributed by atoms with E-state index in [1.165, 1.54) is 14.2 Å². The molecule has 0 spiro atoms. The first kappa shape index (κ1) is 22.5. The van der Waals surface area contributed by atoms with Gasteiger partial charge in [0.25, 0.3) is 0 Å². The van der Waals surface area contributed by atoms with Gasteiger partial charge in [0, 0.05) is 5.56 Å². The fourth-order valence-electron chi connectivity index (χ4n) is 2.54. The molecular weight excluding hydrogens is 444 g/mol. The number of benzene rings is 2. The second-order valence-electron chi connectivity index (χ2n) is 6.98. The first-order valence-corrected chi connectivity index (χ1v) is 9.50. The molecule has 2 aromatic rings. The van der Waals surface area contributed by atoms with Gasteiger partial charge in [-0.25, -0.2) is 9.59 Å². The number of methoxy groups -OCH3 is 2. The van der Waals surface area contributed by atoms with E-state index in [1.807, 2.05) is 0 Å². The normalized spacial score (nSPS) is 10.9. The Morgan fingerprint density at radius 2 is 1.48 bits per heavy atom. The van der Waals surface area contributed by atoms with E-state index in [0.717, 1.165) is 0 Å². The number of hydrogen-bond donors (Lipinski definition) is 0. The number of carbonyl (C=O) groups is 2. The van der Waals surface area contributed by atoms with E-state index >= 15 is 0 Å². The van der Waals surface area contributed by atoms with Crippen molar-refractivity contribution in [1.82, 2.24) is 0 Å². The molecule has 0 aromatic heterocycles. The highest BCUT2D eigenvalue weighted by Crippen LogP contribution is 2.47. The van der Waals surface area contributed by atoms with Gasteiger partial charge in [-0.1, -0.05) is 18.2 Å². The van der Waals surface area contributed by atoms with Crippen LogP contribution in [0.15, 0.2) is 34.8 Å². The average Bonchev–Trinajstić information content (AvgIpc) is 2.63. The van der Waals surface area contributed by atoms with Gasteiger partial charge in [-0.3, -0.25) is 0 Å². The molecule has 0 N–H and O–H groups in total. The fourth-order valence-corrected chi connectivity index (χ4v) is 3.16. The Hall–Kier alpha value is -2.74. The number of esters is 1. The summed E-state index contributed by atoms with van der Waals surface area (Å²) in [5, 5.41) is 0. The highest BCUT2D eigenvalue weighted by molar-refractivity contribution is 9.10. The molecule has 0 heterocycles.